The van der Waals surface area contributed by atoms with Gasteiger partial charge in [-0.3, -0.25) is 14.9 Å². The summed E-state index contributed by atoms with van der Waals surface area (Å²) in [7, 11) is 0. The molecule has 108 valence electrons. The van der Waals surface area contributed by atoms with Gasteiger partial charge in [0.2, 0.25) is 11.8 Å². The summed E-state index contributed by atoms with van der Waals surface area (Å²) in [6.45, 7) is 2.47. The van der Waals surface area contributed by atoms with Gasteiger partial charge >= 0.3 is 0 Å². The molecule has 7 heteroatoms. The van der Waals surface area contributed by atoms with Gasteiger partial charge in [-0.25, -0.2) is 8.78 Å². The van der Waals surface area contributed by atoms with E-state index < -0.39 is 30.8 Å². The molecule has 2 fully saturated rings. The highest BCUT2D eigenvalue weighted by Gasteiger charge is 2.42. The highest BCUT2D eigenvalue weighted by atomic mass is 19.3. The topological polar surface area (TPSA) is 61.4 Å². The van der Waals surface area contributed by atoms with Crippen molar-refractivity contribution in [1.82, 2.24) is 15.5 Å². The van der Waals surface area contributed by atoms with Crippen molar-refractivity contribution < 1.29 is 18.4 Å². The first-order chi connectivity index (χ1) is 8.87. The lowest BCUT2D eigenvalue weighted by atomic mass is 10.1. The van der Waals surface area contributed by atoms with Crippen molar-refractivity contribution in [2.45, 2.75) is 44.2 Å². The second kappa shape index (κ2) is 5.40. The van der Waals surface area contributed by atoms with Crippen LogP contribution in [0.25, 0.3) is 0 Å². The zero-order valence-electron chi connectivity index (χ0n) is 10.9. The van der Waals surface area contributed by atoms with Gasteiger partial charge in [-0.2, -0.15) is 0 Å². The molecule has 0 radical (unpaired) electrons. The lowest BCUT2D eigenvalue weighted by Gasteiger charge is -2.23. The van der Waals surface area contributed by atoms with E-state index in [1.165, 1.54) is 0 Å². The van der Waals surface area contributed by atoms with E-state index in [4.69, 9.17) is 0 Å². The number of nitrogens with zero attached hydrogens (tertiary/aromatic N) is 1. The van der Waals surface area contributed by atoms with Crippen LogP contribution in [0.5, 0.6) is 0 Å². The van der Waals surface area contributed by atoms with Gasteiger partial charge in [0.25, 0.3) is 5.92 Å². The molecule has 0 aromatic rings. The van der Waals surface area contributed by atoms with E-state index in [0.717, 1.165) is 6.42 Å². The average Bonchev–Trinajstić information content (AvgIpc) is 2.85. The number of amides is 2. The van der Waals surface area contributed by atoms with Crippen LogP contribution in [0, 0.1) is 0 Å². The number of rotatable bonds is 4. The smallest absolute Gasteiger partial charge is 0.262 e. The molecular formula is C12H19F2N3O2. The molecular weight excluding hydrogens is 256 g/mol. The molecule has 2 unspecified atom stereocenters. The molecule has 2 rings (SSSR count). The summed E-state index contributed by atoms with van der Waals surface area (Å²) < 4.78 is 26.0. The Hall–Kier alpha value is -1.24. The fourth-order valence-electron chi connectivity index (χ4n) is 2.52. The number of nitrogens with one attached hydrogen (secondary N) is 2. The van der Waals surface area contributed by atoms with Gasteiger partial charge in [0.15, 0.2) is 0 Å². The summed E-state index contributed by atoms with van der Waals surface area (Å²) in [5.41, 5.74) is 0. The van der Waals surface area contributed by atoms with Crippen LogP contribution in [0.1, 0.15) is 26.2 Å². The first-order valence-electron chi connectivity index (χ1n) is 6.57. The molecule has 2 saturated heterocycles. The maximum Gasteiger partial charge on any atom is 0.262 e. The van der Waals surface area contributed by atoms with Gasteiger partial charge in [0.1, 0.15) is 0 Å². The van der Waals surface area contributed by atoms with Crippen LogP contribution in [0.3, 0.4) is 0 Å². The van der Waals surface area contributed by atoms with Gasteiger partial charge in [0, 0.05) is 32.0 Å². The molecule has 0 aromatic heterocycles. The molecule has 0 aliphatic carbocycles. The van der Waals surface area contributed by atoms with Crippen molar-refractivity contribution in [1.29, 1.82) is 0 Å². The first kappa shape index (κ1) is 14.2. The third-order valence-corrected chi connectivity index (χ3v) is 3.48. The largest absolute Gasteiger partial charge is 0.351 e. The van der Waals surface area contributed by atoms with Gasteiger partial charge in [0.05, 0.1) is 12.6 Å². The number of hydrogen-bond acceptors (Lipinski definition) is 3. The molecule has 2 aliphatic heterocycles. The standard InChI is InChI=1S/C12H19F2N3O2/c1-8(6-17-4-2-3-10(17)18)16-11(19)9-5-12(13,14)7-15-9/h8-9,15H,2-7H2,1H3,(H,16,19). The predicted molar refractivity (Wildman–Crippen MR) is 64.8 cm³/mol. The number of carbonyl (C=O) groups excluding carboxylic acids is 2. The first-order valence-corrected chi connectivity index (χ1v) is 6.57. The van der Waals surface area contributed by atoms with Crippen LogP contribution in [0.4, 0.5) is 8.78 Å². The minimum atomic E-state index is -2.81. The van der Waals surface area contributed by atoms with Gasteiger partial charge in [-0.1, -0.05) is 0 Å². The van der Waals surface area contributed by atoms with Gasteiger partial charge in [-0.15, -0.1) is 0 Å². The number of hydrogen-bond donors (Lipinski definition) is 2. The summed E-state index contributed by atoms with van der Waals surface area (Å²) in [6.07, 6.45) is 0.932. The average molecular weight is 275 g/mol. The second-order valence-corrected chi connectivity index (χ2v) is 5.35. The normalized spacial score (nSPS) is 27.6. The van der Waals surface area contributed by atoms with E-state index in [2.05, 4.69) is 10.6 Å². The zero-order chi connectivity index (χ0) is 14.0. The fourth-order valence-corrected chi connectivity index (χ4v) is 2.52. The summed E-state index contributed by atoms with van der Waals surface area (Å²) >= 11 is 0. The highest BCUT2D eigenvalue weighted by Crippen LogP contribution is 2.25. The molecule has 0 saturated carbocycles. The molecule has 2 amide bonds. The van der Waals surface area contributed by atoms with Crippen LogP contribution < -0.4 is 10.6 Å². The van der Waals surface area contributed by atoms with Crippen molar-refractivity contribution >= 4 is 11.8 Å². The SMILES string of the molecule is CC(CN1CCCC1=O)NC(=O)C1CC(F)(F)CN1. The van der Waals surface area contributed by atoms with Gasteiger partial charge < -0.3 is 10.2 Å². The minimum absolute atomic E-state index is 0.0895. The maximum atomic E-state index is 13.0. The van der Waals surface area contributed by atoms with Crippen molar-refractivity contribution in [2.24, 2.45) is 0 Å². The zero-order valence-corrected chi connectivity index (χ0v) is 10.9. The third kappa shape index (κ3) is 3.62. The Balaban J connectivity index is 1.77. The van der Waals surface area contributed by atoms with Crippen molar-refractivity contribution in [2.75, 3.05) is 19.6 Å². The molecule has 0 spiro atoms. The Kier molecular flexibility index (Phi) is 4.03. The molecule has 2 heterocycles. The Morgan fingerprint density at radius 1 is 1.63 bits per heavy atom. The summed E-state index contributed by atoms with van der Waals surface area (Å²) in [5, 5.41) is 5.19. The van der Waals surface area contributed by atoms with E-state index >= 15 is 0 Å². The third-order valence-electron chi connectivity index (χ3n) is 3.48. The number of alkyl halides is 2. The molecule has 0 bridgehead atoms. The van der Waals surface area contributed by atoms with E-state index in [-0.39, 0.29) is 11.9 Å². The molecule has 0 aromatic carbocycles. The predicted octanol–water partition coefficient (Wildman–Crippen LogP) is 0.111. The quantitative estimate of drug-likeness (QED) is 0.765. The molecule has 19 heavy (non-hydrogen) atoms. The van der Waals surface area contributed by atoms with E-state index in [9.17, 15) is 18.4 Å². The van der Waals surface area contributed by atoms with Crippen LogP contribution in [-0.4, -0.2) is 54.4 Å². The highest BCUT2D eigenvalue weighted by molar-refractivity contribution is 5.82. The monoisotopic (exact) mass is 275 g/mol. The Labute approximate surface area is 110 Å². The fraction of sp³-hybridized carbons (Fsp3) is 0.833. The Morgan fingerprint density at radius 2 is 2.37 bits per heavy atom. The Morgan fingerprint density at radius 3 is 2.89 bits per heavy atom. The minimum Gasteiger partial charge on any atom is -0.351 e. The van der Waals surface area contributed by atoms with Crippen LogP contribution in [0.2, 0.25) is 0 Å². The van der Waals surface area contributed by atoms with Gasteiger partial charge in [-0.05, 0) is 13.3 Å². The van der Waals surface area contributed by atoms with Crippen LogP contribution >= 0.6 is 0 Å². The number of halogens is 2. The lowest BCUT2D eigenvalue weighted by molar-refractivity contribution is -0.129. The van der Waals surface area contributed by atoms with Crippen LogP contribution in [0.15, 0.2) is 0 Å². The van der Waals surface area contributed by atoms with E-state index in [0.29, 0.717) is 19.5 Å². The Bertz CT molecular complexity index is 376. The summed E-state index contributed by atoms with van der Waals surface area (Å²) in [4.78, 5) is 24.9. The molecule has 2 aliphatic rings. The summed E-state index contributed by atoms with van der Waals surface area (Å²) in [5.74, 6) is -3.14. The molecule has 5 nitrogen and oxygen atoms in total. The van der Waals surface area contributed by atoms with E-state index in [1.54, 1.807) is 11.8 Å². The van der Waals surface area contributed by atoms with Crippen molar-refractivity contribution in [3.8, 4) is 0 Å². The molecule has 2 N–H and O–H groups in total. The second-order valence-electron chi connectivity index (χ2n) is 5.35. The number of likely N-dealkylation sites (tertiary alicyclic amines) is 1. The van der Waals surface area contributed by atoms with E-state index in [1.807, 2.05) is 0 Å². The maximum absolute atomic E-state index is 13.0. The lowest BCUT2D eigenvalue weighted by Crippen LogP contribution is -2.48. The van der Waals surface area contributed by atoms with Crippen LogP contribution in [-0.2, 0) is 9.59 Å². The molecule has 2 atom stereocenters. The summed E-state index contributed by atoms with van der Waals surface area (Å²) in [6, 6.07) is -1.07. The number of carbonyl (C=O) groups is 2. The van der Waals surface area contributed by atoms with Crippen molar-refractivity contribution in [3.05, 3.63) is 0 Å². The van der Waals surface area contributed by atoms with Crippen molar-refractivity contribution in [3.63, 3.8) is 0 Å².